The molecule has 0 aliphatic carbocycles. The molecule has 0 aliphatic rings. The zero-order chi connectivity index (χ0) is 13.2. The Morgan fingerprint density at radius 2 is 2.06 bits per heavy atom. The first-order chi connectivity index (χ1) is 7.81. The molecule has 0 aromatic heterocycles. The van der Waals surface area contributed by atoms with Gasteiger partial charge >= 0.3 is 12.1 Å². The molecule has 0 fully saturated rings. The largest absolute Gasteiger partial charge is 0.507 e. The van der Waals surface area contributed by atoms with Crippen molar-refractivity contribution in [3.63, 3.8) is 0 Å². The van der Waals surface area contributed by atoms with Crippen LogP contribution in [0.1, 0.15) is 21.5 Å². The topological polar surface area (TPSA) is 70.3 Å². The van der Waals surface area contributed by atoms with Crippen LogP contribution in [0.3, 0.4) is 0 Å². The first-order valence-electron chi connectivity index (χ1n) is 4.24. The molecule has 0 heterocycles. The van der Waals surface area contributed by atoms with E-state index < -0.39 is 34.6 Å². The molecular weight excluding hydrogens is 239 g/mol. The normalized spacial score (nSPS) is 10.8. The van der Waals surface area contributed by atoms with Gasteiger partial charge in [0.1, 0.15) is 11.3 Å². The van der Waals surface area contributed by atoms with Crippen molar-refractivity contribution in [1.82, 2.24) is 0 Å². The van der Waals surface area contributed by atoms with Gasteiger partial charge in [0.05, 0.1) is 24.3 Å². The number of nitriles is 1. The number of aromatic hydroxyl groups is 1. The van der Waals surface area contributed by atoms with Gasteiger partial charge in [-0.25, -0.2) is 4.79 Å². The molecule has 90 valence electrons. The highest BCUT2D eigenvalue weighted by Gasteiger charge is 2.35. The van der Waals surface area contributed by atoms with Crippen LogP contribution >= 0.6 is 0 Å². The number of nitrogens with zero attached hydrogens (tertiary/aromatic N) is 1. The third kappa shape index (κ3) is 2.47. The molecule has 0 radical (unpaired) electrons. The minimum atomic E-state index is -4.78. The van der Waals surface area contributed by atoms with Crippen molar-refractivity contribution in [3.8, 4) is 11.8 Å². The van der Waals surface area contributed by atoms with E-state index in [0.29, 0.717) is 12.1 Å². The van der Waals surface area contributed by atoms with E-state index in [0.717, 1.165) is 7.11 Å². The molecule has 0 amide bonds. The number of carbonyl (C=O) groups is 1. The van der Waals surface area contributed by atoms with E-state index in [4.69, 9.17) is 5.26 Å². The number of rotatable bonds is 1. The molecule has 0 spiro atoms. The zero-order valence-electron chi connectivity index (χ0n) is 8.50. The Morgan fingerprint density at radius 1 is 1.47 bits per heavy atom. The van der Waals surface area contributed by atoms with Crippen LogP contribution in [0.2, 0.25) is 0 Å². The van der Waals surface area contributed by atoms with Crippen molar-refractivity contribution in [3.05, 3.63) is 28.8 Å². The second-order valence-electron chi connectivity index (χ2n) is 3.02. The van der Waals surface area contributed by atoms with Crippen molar-refractivity contribution in [2.45, 2.75) is 6.18 Å². The quantitative estimate of drug-likeness (QED) is 0.769. The SMILES string of the molecule is COC(=O)c1cc(C#N)c(C(F)(F)F)cc1O. The molecule has 0 unspecified atom stereocenters. The lowest BCUT2D eigenvalue weighted by Crippen LogP contribution is -2.10. The van der Waals surface area contributed by atoms with E-state index in [1.165, 1.54) is 6.07 Å². The highest BCUT2D eigenvalue weighted by molar-refractivity contribution is 5.93. The number of methoxy groups -OCH3 is 1. The van der Waals surface area contributed by atoms with Gasteiger partial charge in [-0.1, -0.05) is 0 Å². The lowest BCUT2D eigenvalue weighted by molar-refractivity contribution is -0.137. The summed E-state index contributed by atoms with van der Waals surface area (Å²) in [6.07, 6.45) is -4.78. The number of benzene rings is 1. The van der Waals surface area contributed by atoms with Crippen LogP contribution in [-0.4, -0.2) is 18.2 Å². The summed E-state index contributed by atoms with van der Waals surface area (Å²) in [4.78, 5) is 11.1. The van der Waals surface area contributed by atoms with E-state index in [1.807, 2.05) is 0 Å². The molecule has 1 aromatic carbocycles. The summed E-state index contributed by atoms with van der Waals surface area (Å²) in [5, 5.41) is 17.8. The maximum absolute atomic E-state index is 12.5. The third-order valence-electron chi connectivity index (χ3n) is 1.97. The van der Waals surface area contributed by atoms with Crippen molar-refractivity contribution >= 4 is 5.97 Å². The van der Waals surface area contributed by atoms with E-state index >= 15 is 0 Å². The Bertz CT molecular complexity index is 503. The second-order valence-corrected chi connectivity index (χ2v) is 3.02. The minimum Gasteiger partial charge on any atom is -0.507 e. The Hall–Kier alpha value is -2.23. The predicted molar refractivity (Wildman–Crippen MR) is 49.2 cm³/mol. The summed E-state index contributed by atoms with van der Waals surface area (Å²) in [5.74, 6) is -1.91. The number of carbonyl (C=O) groups excluding carboxylic acids is 1. The fourth-order valence-corrected chi connectivity index (χ4v) is 1.19. The molecule has 4 nitrogen and oxygen atoms in total. The highest BCUT2D eigenvalue weighted by atomic mass is 19.4. The fraction of sp³-hybridized carbons (Fsp3) is 0.200. The number of alkyl halides is 3. The van der Waals surface area contributed by atoms with Crippen molar-refractivity contribution in [1.29, 1.82) is 5.26 Å². The minimum absolute atomic E-state index is 0.324. The lowest BCUT2D eigenvalue weighted by Gasteiger charge is -2.11. The van der Waals surface area contributed by atoms with Crippen molar-refractivity contribution < 1.29 is 27.8 Å². The van der Waals surface area contributed by atoms with Crippen LogP contribution in [0, 0.1) is 11.3 Å². The molecule has 7 heteroatoms. The standard InChI is InChI=1S/C10H6F3NO3/c1-17-9(16)6-2-5(4-14)7(3-8(6)15)10(11,12)13/h2-3,15H,1H3. The first-order valence-corrected chi connectivity index (χ1v) is 4.24. The van der Waals surface area contributed by atoms with Crippen LogP contribution < -0.4 is 0 Å². The number of phenols is 1. The van der Waals surface area contributed by atoms with Gasteiger partial charge in [0.15, 0.2) is 0 Å². The fourth-order valence-electron chi connectivity index (χ4n) is 1.19. The van der Waals surface area contributed by atoms with Gasteiger partial charge in [-0.3, -0.25) is 0 Å². The number of ether oxygens (including phenoxy) is 1. The lowest BCUT2D eigenvalue weighted by atomic mass is 10.0. The van der Waals surface area contributed by atoms with Crippen LogP contribution in [0.15, 0.2) is 12.1 Å². The van der Waals surface area contributed by atoms with Crippen LogP contribution in [-0.2, 0) is 10.9 Å². The van der Waals surface area contributed by atoms with Crippen LogP contribution in [0.5, 0.6) is 5.75 Å². The second kappa shape index (κ2) is 4.33. The molecule has 0 bridgehead atoms. The van der Waals surface area contributed by atoms with Gasteiger partial charge in [-0.2, -0.15) is 18.4 Å². The van der Waals surface area contributed by atoms with Gasteiger partial charge in [-0.15, -0.1) is 0 Å². The van der Waals surface area contributed by atoms with Gasteiger partial charge in [-0.05, 0) is 12.1 Å². The van der Waals surface area contributed by atoms with Gasteiger partial charge in [0.2, 0.25) is 0 Å². The van der Waals surface area contributed by atoms with Gasteiger partial charge in [0.25, 0.3) is 0 Å². The average Bonchev–Trinajstić information content (AvgIpc) is 2.26. The molecule has 0 aliphatic heterocycles. The Balaban J connectivity index is 3.47. The Labute approximate surface area is 93.8 Å². The van der Waals surface area contributed by atoms with Gasteiger partial charge in [0, 0.05) is 0 Å². The zero-order valence-corrected chi connectivity index (χ0v) is 8.50. The molecule has 1 aromatic rings. The summed E-state index contributed by atoms with van der Waals surface area (Å²) in [5.41, 5.74) is -2.54. The Kier molecular flexibility index (Phi) is 3.27. The summed E-state index contributed by atoms with van der Waals surface area (Å²) in [6, 6.07) is 2.28. The summed E-state index contributed by atoms with van der Waals surface area (Å²) in [6.45, 7) is 0. The van der Waals surface area contributed by atoms with Crippen LogP contribution in [0.25, 0.3) is 0 Å². The number of halogens is 3. The van der Waals surface area contributed by atoms with E-state index in [2.05, 4.69) is 4.74 Å². The number of esters is 1. The number of phenolic OH excluding ortho intramolecular Hbond substituents is 1. The monoisotopic (exact) mass is 245 g/mol. The molecule has 0 saturated carbocycles. The first kappa shape index (κ1) is 12.8. The molecular formula is C10H6F3NO3. The van der Waals surface area contributed by atoms with Crippen molar-refractivity contribution in [2.24, 2.45) is 0 Å². The number of hydrogen-bond acceptors (Lipinski definition) is 4. The summed E-state index contributed by atoms with van der Waals surface area (Å²) in [7, 11) is 1.01. The highest BCUT2D eigenvalue weighted by Crippen LogP contribution is 2.35. The summed E-state index contributed by atoms with van der Waals surface area (Å²) < 4.78 is 41.6. The molecule has 1 rings (SSSR count). The predicted octanol–water partition coefficient (Wildman–Crippen LogP) is 2.07. The van der Waals surface area contributed by atoms with Crippen LogP contribution in [0.4, 0.5) is 13.2 Å². The van der Waals surface area contributed by atoms with E-state index in [-0.39, 0.29) is 0 Å². The molecule has 17 heavy (non-hydrogen) atoms. The summed E-state index contributed by atoms with van der Waals surface area (Å²) >= 11 is 0. The molecule has 1 N–H and O–H groups in total. The Morgan fingerprint density at radius 3 is 2.47 bits per heavy atom. The maximum atomic E-state index is 12.5. The molecule has 0 saturated heterocycles. The number of hydrogen-bond donors (Lipinski definition) is 1. The maximum Gasteiger partial charge on any atom is 0.417 e. The molecule has 0 atom stereocenters. The van der Waals surface area contributed by atoms with E-state index in [1.54, 1.807) is 0 Å². The van der Waals surface area contributed by atoms with Gasteiger partial charge < -0.3 is 9.84 Å². The van der Waals surface area contributed by atoms with Crippen molar-refractivity contribution in [2.75, 3.05) is 7.11 Å². The van der Waals surface area contributed by atoms with E-state index in [9.17, 15) is 23.1 Å². The third-order valence-corrected chi connectivity index (χ3v) is 1.97. The smallest absolute Gasteiger partial charge is 0.417 e. The average molecular weight is 245 g/mol.